The lowest BCUT2D eigenvalue weighted by Crippen LogP contribution is -2.38. The van der Waals surface area contributed by atoms with Gasteiger partial charge in [0.05, 0.1) is 4.91 Å². The minimum Gasteiger partial charge on any atom is -0.354 e. The summed E-state index contributed by atoms with van der Waals surface area (Å²) in [5.41, 5.74) is 0.523. The van der Waals surface area contributed by atoms with Crippen LogP contribution in [0.2, 0.25) is 0 Å². The molecule has 0 unspecified atom stereocenters. The molecule has 0 aliphatic carbocycles. The fourth-order valence-corrected chi connectivity index (χ4v) is 3.12. The number of hydrogen-bond donors (Lipinski definition) is 1. The maximum absolute atomic E-state index is 12.9. The number of amides is 3. The highest BCUT2D eigenvalue weighted by Crippen LogP contribution is 2.31. The Hall–Kier alpha value is -2.15. The SMILES string of the molecule is CC(C)(C)CC(=O)NCCN1C(=O)SC(=Cc2ccc(F)cc2)C1=O. The summed E-state index contributed by atoms with van der Waals surface area (Å²) in [6.45, 7) is 6.23. The van der Waals surface area contributed by atoms with Gasteiger partial charge in [0, 0.05) is 19.5 Å². The van der Waals surface area contributed by atoms with E-state index in [1.165, 1.54) is 24.3 Å². The molecule has 0 bridgehead atoms. The van der Waals surface area contributed by atoms with Crippen LogP contribution in [0.25, 0.3) is 6.08 Å². The number of rotatable bonds is 5. The molecule has 1 aliphatic rings. The van der Waals surface area contributed by atoms with E-state index in [1.54, 1.807) is 6.08 Å². The molecular weight excluding hydrogens is 343 g/mol. The van der Waals surface area contributed by atoms with Crippen LogP contribution in [-0.2, 0) is 9.59 Å². The lowest BCUT2D eigenvalue weighted by Gasteiger charge is -2.18. The zero-order valence-electron chi connectivity index (χ0n) is 14.5. The van der Waals surface area contributed by atoms with E-state index < -0.39 is 5.91 Å². The first-order valence-corrected chi connectivity index (χ1v) is 8.75. The van der Waals surface area contributed by atoms with E-state index in [2.05, 4.69) is 5.32 Å². The minimum absolute atomic E-state index is 0.110. The van der Waals surface area contributed by atoms with Gasteiger partial charge in [-0.1, -0.05) is 32.9 Å². The van der Waals surface area contributed by atoms with E-state index in [4.69, 9.17) is 0 Å². The summed E-state index contributed by atoms with van der Waals surface area (Å²) in [6.07, 6.45) is 1.93. The lowest BCUT2D eigenvalue weighted by molar-refractivity contribution is -0.125. The van der Waals surface area contributed by atoms with Crippen LogP contribution in [0, 0.1) is 11.2 Å². The lowest BCUT2D eigenvalue weighted by atomic mass is 9.92. The Morgan fingerprint density at radius 3 is 2.48 bits per heavy atom. The number of benzene rings is 1. The third-order valence-electron chi connectivity index (χ3n) is 3.39. The molecule has 0 atom stereocenters. The maximum Gasteiger partial charge on any atom is 0.293 e. The second kappa shape index (κ2) is 7.82. The molecule has 1 N–H and O–H groups in total. The Morgan fingerprint density at radius 1 is 1.24 bits per heavy atom. The van der Waals surface area contributed by atoms with E-state index in [1.807, 2.05) is 20.8 Å². The zero-order chi connectivity index (χ0) is 18.6. The van der Waals surface area contributed by atoms with Crippen molar-refractivity contribution in [1.82, 2.24) is 10.2 Å². The first-order chi connectivity index (χ1) is 11.7. The van der Waals surface area contributed by atoms with Crippen molar-refractivity contribution >= 4 is 34.9 Å². The molecule has 0 spiro atoms. The Balaban J connectivity index is 1.93. The van der Waals surface area contributed by atoms with Crippen LogP contribution in [0.3, 0.4) is 0 Å². The van der Waals surface area contributed by atoms with Crippen molar-refractivity contribution in [2.75, 3.05) is 13.1 Å². The molecule has 25 heavy (non-hydrogen) atoms. The molecule has 3 amide bonds. The van der Waals surface area contributed by atoms with E-state index in [-0.39, 0.29) is 40.4 Å². The summed E-state index contributed by atoms with van der Waals surface area (Å²) < 4.78 is 12.9. The first kappa shape index (κ1) is 19.2. The van der Waals surface area contributed by atoms with Crippen molar-refractivity contribution < 1.29 is 18.8 Å². The molecule has 0 saturated carbocycles. The molecule has 1 heterocycles. The van der Waals surface area contributed by atoms with Crippen molar-refractivity contribution in [3.05, 3.63) is 40.6 Å². The second-order valence-corrected chi connectivity index (χ2v) is 7.97. The van der Waals surface area contributed by atoms with E-state index >= 15 is 0 Å². The molecule has 0 radical (unpaired) electrons. The number of thioether (sulfide) groups is 1. The quantitative estimate of drug-likeness (QED) is 0.813. The topological polar surface area (TPSA) is 66.5 Å². The van der Waals surface area contributed by atoms with E-state index in [0.29, 0.717) is 12.0 Å². The van der Waals surface area contributed by atoms with Crippen LogP contribution in [0.15, 0.2) is 29.2 Å². The summed E-state index contributed by atoms with van der Waals surface area (Å²) in [4.78, 5) is 37.5. The van der Waals surface area contributed by atoms with Crippen molar-refractivity contribution in [3.8, 4) is 0 Å². The summed E-state index contributed by atoms with van der Waals surface area (Å²) in [5.74, 6) is -0.873. The predicted octanol–water partition coefficient (Wildman–Crippen LogP) is 3.41. The van der Waals surface area contributed by atoms with E-state index in [0.717, 1.165) is 16.7 Å². The summed E-state index contributed by atoms with van der Waals surface area (Å²) in [7, 11) is 0. The van der Waals surface area contributed by atoms with Crippen LogP contribution in [-0.4, -0.2) is 35.0 Å². The van der Waals surface area contributed by atoms with Gasteiger partial charge in [0.1, 0.15) is 5.82 Å². The molecule has 1 aromatic carbocycles. The molecule has 2 rings (SSSR count). The highest BCUT2D eigenvalue weighted by atomic mass is 32.2. The fourth-order valence-electron chi connectivity index (χ4n) is 2.25. The molecule has 1 aromatic rings. The smallest absolute Gasteiger partial charge is 0.293 e. The number of nitrogens with zero attached hydrogens (tertiary/aromatic N) is 1. The van der Waals surface area contributed by atoms with Gasteiger partial charge in [-0.25, -0.2) is 4.39 Å². The number of nitrogens with one attached hydrogen (secondary N) is 1. The summed E-state index contributed by atoms with van der Waals surface area (Å²) in [5, 5.41) is 2.35. The van der Waals surface area contributed by atoms with Gasteiger partial charge >= 0.3 is 0 Å². The molecule has 0 aromatic heterocycles. The normalized spacial score (nSPS) is 16.6. The number of carbonyl (C=O) groups is 3. The van der Waals surface area contributed by atoms with Gasteiger partial charge in [0.15, 0.2) is 0 Å². The molecule has 5 nitrogen and oxygen atoms in total. The number of hydrogen-bond acceptors (Lipinski definition) is 4. The molecule has 7 heteroatoms. The van der Waals surface area contributed by atoms with Crippen LogP contribution in [0.5, 0.6) is 0 Å². The standard InChI is InChI=1S/C18H21FN2O3S/c1-18(2,3)11-15(22)20-8-9-21-16(23)14(25-17(21)24)10-12-4-6-13(19)7-5-12/h4-7,10H,8-9,11H2,1-3H3,(H,20,22). The van der Waals surface area contributed by atoms with Gasteiger partial charge in [-0.2, -0.15) is 0 Å². The first-order valence-electron chi connectivity index (χ1n) is 7.93. The van der Waals surface area contributed by atoms with Crippen LogP contribution >= 0.6 is 11.8 Å². The maximum atomic E-state index is 12.9. The van der Waals surface area contributed by atoms with Gasteiger partial charge in [-0.15, -0.1) is 0 Å². The van der Waals surface area contributed by atoms with Crippen molar-refractivity contribution in [1.29, 1.82) is 0 Å². The number of halogens is 1. The molecular formula is C18H21FN2O3S. The Labute approximate surface area is 150 Å². The average molecular weight is 364 g/mol. The van der Waals surface area contributed by atoms with Crippen molar-refractivity contribution in [3.63, 3.8) is 0 Å². The average Bonchev–Trinajstić information content (AvgIpc) is 2.75. The molecule has 134 valence electrons. The highest BCUT2D eigenvalue weighted by molar-refractivity contribution is 8.18. The van der Waals surface area contributed by atoms with Crippen LogP contribution < -0.4 is 5.32 Å². The molecule has 1 saturated heterocycles. The van der Waals surface area contributed by atoms with Crippen LogP contribution in [0.1, 0.15) is 32.8 Å². The Kier molecular flexibility index (Phi) is 6.00. The third-order valence-corrected chi connectivity index (χ3v) is 4.30. The fraction of sp³-hybridized carbons (Fsp3) is 0.389. The van der Waals surface area contributed by atoms with Gasteiger partial charge in [-0.3, -0.25) is 19.3 Å². The summed E-state index contributed by atoms with van der Waals surface area (Å²) in [6, 6.07) is 5.66. The van der Waals surface area contributed by atoms with Gasteiger partial charge in [-0.05, 0) is 40.9 Å². The Morgan fingerprint density at radius 2 is 1.88 bits per heavy atom. The van der Waals surface area contributed by atoms with E-state index in [9.17, 15) is 18.8 Å². The monoisotopic (exact) mass is 364 g/mol. The second-order valence-electron chi connectivity index (χ2n) is 6.97. The van der Waals surface area contributed by atoms with Gasteiger partial charge in [0.2, 0.25) is 5.91 Å². The Bertz CT molecular complexity index is 708. The molecule has 1 fully saturated rings. The number of imide groups is 1. The largest absolute Gasteiger partial charge is 0.354 e. The third kappa shape index (κ3) is 5.70. The minimum atomic E-state index is -0.399. The predicted molar refractivity (Wildman–Crippen MR) is 96.2 cm³/mol. The van der Waals surface area contributed by atoms with Gasteiger partial charge < -0.3 is 5.32 Å². The van der Waals surface area contributed by atoms with Crippen molar-refractivity contribution in [2.24, 2.45) is 5.41 Å². The highest BCUT2D eigenvalue weighted by Gasteiger charge is 2.34. The van der Waals surface area contributed by atoms with Crippen LogP contribution in [0.4, 0.5) is 9.18 Å². The van der Waals surface area contributed by atoms with Gasteiger partial charge in [0.25, 0.3) is 11.1 Å². The molecule has 1 aliphatic heterocycles. The number of carbonyl (C=O) groups excluding carboxylic acids is 3. The van der Waals surface area contributed by atoms with Crippen molar-refractivity contribution in [2.45, 2.75) is 27.2 Å². The zero-order valence-corrected chi connectivity index (χ0v) is 15.3. The summed E-state index contributed by atoms with van der Waals surface area (Å²) >= 11 is 0.842.